The molecule has 76 valence electrons. The summed E-state index contributed by atoms with van der Waals surface area (Å²) in [5, 5.41) is 0. The summed E-state index contributed by atoms with van der Waals surface area (Å²) in [7, 11) is 0. The molecule has 0 spiro atoms. The van der Waals surface area contributed by atoms with Gasteiger partial charge in [-0.25, -0.2) is 0 Å². The maximum atomic E-state index is 11.6. The van der Waals surface area contributed by atoms with E-state index in [1.165, 1.54) is 0 Å². The molecule has 0 atom stereocenters. The van der Waals surface area contributed by atoms with E-state index in [1.54, 1.807) is 20.8 Å². The molecule has 0 radical (unpaired) electrons. The van der Waals surface area contributed by atoms with Crippen molar-refractivity contribution in [2.75, 3.05) is 0 Å². The second kappa shape index (κ2) is 3.81. The lowest BCUT2D eigenvalue weighted by molar-refractivity contribution is -0.165. The van der Waals surface area contributed by atoms with Crippen molar-refractivity contribution in [1.29, 1.82) is 0 Å². The zero-order valence-corrected chi connectivity index (χ0v) is 7.61. The van der Waals surface area contributed by atoms with E-state index in [9.17, 15) is 18.0 Å². The van der Waals surface area contributed by atoms with E-state index in [0.29, 0.717) is 6.08 Å². The summed E-state index contributed by atoms with van der Waals surface area (Å²) < 4.78 is 39.6. The summed E-state index contributed by atoms with van der Waals surface area (Å²) in [6.07, 6.45) is -3.70. The molecular weight excluding hydrogens is 185 g/mol. The molecule has 0 fully saturated rings. The zero-order valence-electron chi connectivity index (χ0n) is 7.61. The van der Waals surface area contributed by atoms with Crippen LogP contribution in [0.5, 0.6) is 0 Å². The molecule has 0 saturated heterocycles. The Morgan fingerprint density at radius 2 is 1.69 bits per heavy atom. The molecule has 0 aromatic heterocycles. The third-order valence-electron chi connectivity index (χ3n) is 0.920. The number of halogens is 3. The van der Waals surface area contributed by atoms with Crippen LogP contribution in [0.4, 0.5) is 13.2 Å². The Morgan fingerprint density at radius 1 is 1.23 bits per heavy atom. The minimum Gasteiger partial charge on any atom is -0.496 e. The van der Waals surface area contributed by atoms with Crippen molar-refractivity contribution < 1.29 is 22.7 Å². The Hall–Kier alpha value is -1.00. The SMILES string of the molecule is CC(C)(C)OC=CC(=O)C(F)(F)F. The molecule has 0 unspecified atom stereocenters. The first-order chi connectivity index (χ1) is 5.63. The van der Waals surface area contributed by atoms with Crippen LogP contribution in [0.1, 0.15) is 20.8 Å². The first-order valence-electron chi connectivity index (χ1n) is 3.58. The zero-order chi connectivity index (χ0) is 10.7. The molecule has 0 bridgehead atoms. The highest BCUT2D eigenvalue weighted by molar-refractivity contribution is 5.94. The predicted octanol–water partition coefficient (Wildman–Crippen LogP) is 2.45. The Bertz CT molecular complexity index is 210. The van der Waals surface area contributed by atoms with Crippen molar-refractivity contribution in [3.8, 4) is 0 Å². The van der Waals surface area contributed by atoms with Gasteiger partial charge in [0, 0.05) is 6.08 Å². The van der Waals surface area contributed by atoms with Gasteiger partial charge < -0.3 is 4.74 Å². The lowest BCUT2D eigenvalue weighted by atomic mass is 10.2. The highest BCUT2D eigenvalue weighted by Crippen LogP contribution is 2.16. The first-order valence-corrected chi connectivity index (χ1v) is 3.58. The molecule has 0 rings (SSSR count). The van der Waals surface area contributed by atoms with E-state index < -0.39 is 17.6 Å². The quantitative estimate of drug-likeness (QED) is 0.501. The molecule has 2 nitrogen and oxygen atoms in total. The summed E-state index contributed by atoms with van der Waals surface area (Å²) in [4.78, 5) is 10.3. The van der Waals surface area contributed by atoms with Gasteiger partial charge in [-0.3, -0.25) is 4.79 Å². The third-order valence-corrected chi connectivity index (χ3v) is 0.920. The van der Waals surface area contributed by atoms with Crippen molar-refractivity contribution in [2.24, 2.45) is 0 Å². The molecule has 0 aliphatic carbocycles. The standard InChI is InChI=1S/C8H11F3O2/c1-7(2,3)13-5-4-6(12)8(9,10)11/h4-5H,1-3H3. The smallest absolute Gasteiger partial charge is 0.454 e. The van der Waals surface area contributed by atoms with Gasteiger partial charge in [0.15, 0.2) is 0 Å². The molecular formula is C8H11F3O2. The average molecular weight is 196 g/mol. The molecule has 0 N–H and O–H groups in total. The fraction of sp³-hybridized carbons (Fsp3) is 0.625. The number of hydrogen-bond donors (Lipinski definition) is 0. The van der Waals surface area contributed by atoms with Gasteiger partial charge in [-0.05, 0) is 20.8 Å². The summed E-state index contributed by atoms with van der Waals surface area (Å²) in [6, 6.07) is 0. The number of alkyl halides is 3. The van der Waals surface area contributed by atoms with Crippen molar-refractivity contribution >= 4 is 5.78 Å². The van der Waals surface area contributed by atoms with Crippen molar-refractivity contribution in [3.63, 3.8) is 0 Å². The van der Waals surface area contributed by atoms with Crippen LogP contribution in [0, 0.1) is 0 Å². The van der Waals surface area contributed by atoms with Crippen molar-refractivity contribution in [3.05, 3.63) is 12.3 Å². The molecule has 0 amide bonds. The Labute approximate surface area is 74.4 Å². The molecule has 13 heavy (non-hydrogen) atoms. The minimum absolute atomic E-state index is 0.366. The van der Waals surface area contributed by atoms with Gasteiger partial charge in [-0.2, -0.15) is 13.2 Å². The van der Waals surface area contributed by atoms with Crippen LogP contribution in [0.15, 0.2) is 12.3 Å². The predicted molar refractivity (Wildman–Crippen MR) is 41.0 cm³/mol. The van der Waals surface area contributed by atoms with Gasteiger partial charge in [-0.1, -0.05) is 0 Å². The highest BCUT2D eigenvalue weighted by Gasteiger charge is 2.36. The van der Waals surface area contributed by atoms with E-state index in [0.717, 1.165) is 6.26 Å². The minimum atomic E-state index is -4.82. The summed E-state index contributed by atoms with van der Waals surface area (Å²) in [6.45, 7) is 4.99. The molecule has 5 heteroatoms. The molecule has 0 aromatic rings. The molecule has 0 aliphatic heterocycles. The normalized spacial score (nSPS) is 13.4. The number of allylic oxidation sites excluding steroid dienone is 1. The van der Waals surface area contributed by atoms with Crippen LogP contribution in [0.25, 0.3) is 0 Å². The largest absolute Gasteiger partial charge is 0.496 e. The molecule has 0 aromatic carbocycles. The van der Waals surface area contributed by atoms with Crippen LogP contribution >= 0.6 is 0 Å². The number of ketones is 1. The van der Waals surface area contributed by atoms with E-state index in [1.807, 2.05) is 0 Å². The van der Waals surface area contributed by atoms with E-state index in [2.05, 4.69) is 0 Å². The topological polar surface area (TPSA) is 26.3 Å². The molecule has 0 saturated carbocycles. The van der Waals surface area contributed by atoms with Gasteiger partial charge in [-0.15, -0.1) is 0 Å². The Balaban J connectivity index is 4.09. The molecule has 0 heterocycles. The Morgan fingerprint density at radius 3 is 2.00 bits per heavy atom. The lowest BCUT2D eigenvalue weighted by Crippen LogP contribution is -2.21. The van der Waals surface area contributed by atoms with Crippen LogP contribution in [0.3, 0.4) is 0 Å². The van der Waals surface area contributed by atoms with Gasteiger partial charge in [0.05, 0.1) is 11.9 Å². The van der Waals surface area contributed by atoms with Gasteiger partial charge in [0.2, 0.25) is 0 Å². The van der Waals surface area contributed by atoms with Crippen LogP contribution in [-0.2, 0) is 9.53 Å². The van der Waals surface area contributed by atoms with Crippen LogP contribution in [0.2, 0.25) is 0 Å². The fourth-order valence-corrected chi connectivity index (χ4v) is 0.394. The van der Waals surface area contributed by atoms with E-state index in [4.69, 9.17) is 4.74 Å². The van der Waals surface area contributed by atoms with E-state index in [-0.39, 0.29) is 0 Å². The van der Waals surface area contributed by atoms with Crippen LogP contribution < -0.4 is 0 Å². The van der Waals surface area contributed by atoms with Crippen molar-refractivity contribution in [2.45, 2.75) is 32.5 Å². The highest BCUT2D eigenvalue weighted by atomic mass is 19.4. The lowest BCUT2D eigenvalue weighted by Gasteiger charge is -2.17. The van der Waals surface area contributed by atoms with Gasteiger partial charge in [0.1, 0.15) is 0 Å². The van der Waals surface area contributed by atoms with Crippen LogP contribution in [-0.4, -0.2) is 17.6 Å². The summed E-state index contributed by atoms with van der Waals surface area (Å²) in [5.74, 6) is -1.92. The second-order valence-electron chi connectivity index (χ2n) is 3.39. The average Bonchev–Trinajstić information content (AvgIpc) is 1.82. The Kier molecular flexibility index (Phi) is 3.51. The molecule has 0 aliphatic rings. The monoisotopic (exact) mass is 196 g/mol. The van der Waals surface area contributed by atoms with Gasteiger partial charge >= 0.3 is 6.18 Å². The number of rotatable bonds is 2. The third kappa shape index (κ3) is 6.19. The second-order valence-corrected chi connectivity index (χ2v) is 3.39. The number of hydrogen-bond acceptors (Lipinski definition) is 2. The van der Waals surface area contributed by atoms with Crippen molar-refractivity contribution in [1.82, 2.24) is 0 Å². The maximum Gasteiger partial charge on any atom is 0.454 e. The summed E-state index contributed by atoms with van der Waals surface area (Å²) >= 11 is 0. The number of carbonyl (C=O) groups is 1. The maximum absolute atomic E-state index is 11.6. The van der Waals surface area contributed by atoms with Gasteiger partial charge in [0.25, 0.3) is 5.78 Å². The fourth-order valence-electron chi connectivity index (χ4n) is 0.394. The van der Waals surface area contributed by atoms with E-state index >= 15 is 0 Å². The summed E-state index contributed by atoms with van der Waals surface area (Å²) in [5.41, 5.74) is -0.595. The number of carbonyl (C=O) groups excluding carboxylic acids is 1. The number of ether oxygens (including phenoxy) is 1. The first kappa shape index (κ1) is 12.0.